The van der Waals surface area contributed by atoms with Crippen molar-refractivity contribution in [1.29, 1.82) is 0 Å². The van der Waals surface area contributed by atoms with Gasteiger partial charge in [0.25, 0.3) is 5.69 Å². The van der Waals surface area contributed by atoms with Crippen LogP contribution in [0.15, 0.2) is 71.2 Å². The van der Waals surface area contributed by atoms with E-state index in [1.54, 1.807) is 30.3 Å². The molecule has 0 fully saturated rings. The number of hydrogen-bond donors (Lipinski definition) is 2. The standard InChI is InChI=1S/C24H17ClN4O4S/c1-14-18(23-26-20-13-16(25)9-10-21(20)33-23)6-3-7-19(14)27-24(34)28-22(30)11-8-15-4-2-5-17(12-15)29(31)32/h2-13H,1H3,(H2,27,28,30,34). The highest BCUT2D eigenvalue weighted by Gasteiger charge is 2.14. The highest BCUT2D eigenvalue weighted by atomic mass is 35.5. The number of hydrogen-bond acceptors (Lipinski definition) is 6. The third-order valence-electron chi connectivity index (χ3n) is 4.91. The number of nitro groups is 1. The number of carbonyl (C=O) groups excluding carboxylic acids is 1. The van der Waals surface area contributed by atoms with Crippen molar-refractivity contribution in [1.82, 2.24) is 10.3 Å². The van der Waals surface area contributed by atoms with Gasteiger partial charge in [-0.3, -0.25) is 20.2 Å². The van der Waals surface area contributed by atoms with Gasteiger partial charge in [0.2, 0.25) is 11.8 Å². The van der Waals surface area contributed by atoms with Crippen LogP contribution in [0.2, 0.25) is 5.02 Å². The number of fused-ring (bicyclic) bond motifs is 1. The molecule has 1 heterocycles. The molecule has 0 bridgehead atoms. The van der Waals surface area contributed by atoms with Gasteiger partial charge in [-0.15, -0.1) is 0 Å². The molecule has 0 aliphatic rings. The summed E-state index contributed by atoms with van der Waals surface area (Å²) in [6.07, 6.45) is 2.72. The van der Waals surface area contributed by atoms with Crippen LogP contribution in [0.25, 0.3) is 28.6 Å². The molecular weight excluding hydrogens is 476 g/mol. The Morgan fingerprint density at radius 2 is 1.97 bits per heavy atom. The first-order chi connectivity index (χ1) is 16.3. The number of rotatable bonds is 5. The zero-order valence-corrected chi connectivity index (χ0v) is 19.3. The van der Waals surface area contributed by atoms with Crippen LogP contribution < -0.4 is 10.6 Å². The van der Waals surface area contributed by atoms with E-state index in [4.69, 9.17) is 28.2 Å². The van der Waals surface area contributed by atoms with Crippen molar-refractivity contribution in [2.75, 3.05) is 5.32 Å². The van der Waals surface area contributed by atoms with E-state index < -0.39 is 10.8 Å². The summed E-state index contributed by atoms with van der Waals surface area (Å²) in [5.74, 6) is -0.0399. The number of nitro benzene ring substituents is 1. The van der Waals surface area contributed by atoms with E-state index in [1.165, 1.54) is 24.3 Å². The molecule has 10 heteroatoms. The number of anilines is 1. The molecule has 4 rings (SSSR count). The molecule has 3 aromatic carbocycles. The Bertz CT molecular complexity index is 1460. The molecule has 0 saturated heterocycles. The van der Waals surface area contributed by atoms with Gasteiger partial charge in [-0.2, -0.15) is 0 Å². The summed E-state index contributed by atoms with van der Waals surface area (Å²) in [5.41, 5.74) is 3.99. The maximum atomic E-state index is 12.2. The minimum Gasteiger partial charge on any atom is -0.436 e. The average molecular weight is 493 g/mol. The number of benzene rings is 3. The van der Waals surface area contributed by atoms with Crippen molar-refractivity contribution in [2.24, 2.45) is 0 Å². The van der Waals surface area contributed by atoms with Crippen molar-refractivity contribution in [3.63, 3.8) is 0 Å². The number of amides is 1. The van der Waals surface area contributed by atoms with Crippen LogP contribution in [0.4, 0.5) is 11.4 Å². The van der Waals surface area contributed by atoms with Gasteiger partial charge in [-0.25, -0.2) is 4.98 Å². The molecule has 0 unspecified atom stereocenters. The number of nitrogens with zero attached hydrogens (tertiary/aromatic N) is 2. The molecule has 170 valence electrons. The van der Waals surface area contributed by atoms with Gasteiger partial charge >= 0.3 is 0 Å². The van der Waals surface area contributed by atoms with Crippen LogP contribution in [0.1, 0.15) is 11.1 Å². The van der Waals surface area contributed by atoms with E-state index in [9.17, 15) is 14.9 Å². The molecule has 34 heavy (non-hydrogen) atoms. The molecule has 0 radical (unpaired) electrons. The Kier molecular flexibility index (Phi) is 6.67. The number of nitrogens with one attached hydrogen (secondary N) is 2. The van der Waals surface area contributed by atoms with Gasteiger partial charge in [0.05, 0.1) is 4.92 Å². The topological polar surface area (TPSA) is 110 Å². The first-order valence-electron chi connectivity index (χ1n) is 10.0. The molecule has 2 N–H and O–H groups in total. The molecule has 0 aliphatic carbocycles. The van der Waals surface area contributed by atoms with Crippen molar-refractivity contribution in [3.05, 3.63) is 93.0 Å². The lowest BCUT2D eigenvalue weighted by Crippen LogP contribution is -2.33. The summed E-state index contributed by atoms with van der Waals surface area (Å²) in [7, 11) is 0. The number of oxazole rings is 1. The molecule has 0 spiro atoms. The second kappa shape index (κ2) is 9.82. The first kappa shape index (κ1) is 23.1. The Labute approximate surface area is 204 Å². The zero-order valence-electron chi connectivity index (χ0n) is 17.7. The van der Waals surface area contributed by atoms with Crippen molar-refractivity contribution < 1.29 is 14.1 Å². The van der Waals surface area contributed by atoms with Gasteiger partial charge in [0.15, 0.2) is 10.7 Å². The zero-order chi connectivity index (χ0) is 24.2. The summed E-state index contributed by atoms with van der Waals surface area (Å²) >= 11 is 11.3. The van der Waals surface area contributed by atoms with Crippen LogP contribution in [-0.2, 0) is 4.79 Å². The van der Waals surface area contributed by atoms with Crippen LogP contribution in [0.5, 0.6) is 0 Å². The number of non-ortho nitro benzene ring substituents is 1. The maximum Gasteiger partial charge on any atom is 0.270 e. The second-order valence-corrected chi connectivity index (χ2v) is 8.08. The Morgan fingerprint density at radius 1 is 1.18 bits per heavy atom. The third-order valence-corrected chi connectivity index (χ3v) is 5.35. The molecule has 4 aromatic rings. The summed E-state index contributed by atoms with van der Waals surface area (Å²) in [6.45, 7) is 1.88. The largest absolute Gasteiger partial charge is 0.436 e. The van der Waals surface area contributed by atoms with E-state index >= 15 is 0 Å². The highest BCUT2D eigenvalue weighted by Crippen LogP contribution is 2.31. The molecule has 0 saturated carbocycles. The van der Waals surface area contributed by atoms with Gasteiger partial charge in [0.1, 0.15) is 5.52 Å². The van der Waals surface area contributed by atoms with Crippen LogP contribution in [0.3, 0.4) is 0 Å². The second-order valence-electron chi connectivity index (χ2n) is 7.24. The van der Waals surface area contributed by atoms with E-state index in [0.717, 1.165) is 11.1 Å². The fourth-order valence-corrected chi connectivity index (χ4v) is 3.62. The minimum absolute atomic E-state index is 0.0582. The van der Waals surface area contributed by atoms with Gasteiger partial charge < -0.3 is 9.73 Å². The fourth-order valence-electron chi connectivity index (χ4n) is 3.24. The number of aromatic nitrogens is 1. The lowest BCUT2D eigenvalue weighted by molar-refractivity contribution is -0.384. The summed E-state index contributed by atoms with van der Waals surface area (Å²) < 4.78 is 5.86. The fraction of sp³-hybridized carbons (Fsp3) is 0.0417. The molecule has 8 nitrogen and oxygen atoms in total. The Balaban J connectivity index is 1.45. The third kappa shape index (κ3) is 5.28. The monoisotopic (exact) mass is 492 g/mol. The van der Waals surface area contributed by atoms with Crippen LogP contribution >= 0.6 is 23.8 Å². The van der Waals surface area contributed by atoms with Crippen molar-refractivity contribution in [2.45, 2.75) is 6.92 Å². The number of thiocarbonyl (C=S) groups is 1. The molecule has 1 amide bonds. The van der Waals surface area contributed by atoms with Crippen molar-refractivity contribution in [3.8, 4) is 11.5 Å². The molecule has 0 atom stereocenters. The highest BCUT2D eigenvalue weighted by molar-refractivity contribution is 7.80. The maximum absolute atomic E-state index is 12.2. The van der Waals surface area contributed by atoms with E-state index in [2.05, 4.69) is 15.6 Å². The predicted octanol–water partition coefficient (Wildman–Crippen LogP) is 5.89. The van der Waals surface area contributed by atoms with Crippen LogP contribution in [0, 0.1) is 17.0 Å². The number of carbonyl (C=O) groups is 1. The van der Waals surface area contributed by atoms with E-state index in [-0.39, 0.29) is 10.8 Å². The van der Waals surface area contributed by atoms with Gasteiger partial charge in [-0.1, -0.05) is 29.8 Å². The number of halogens is 1. The molecular formula is C24H17ClN4O4S. The van der Waals surface area contributed by atoms with Crippen LogP contribution in [-0.4, -0.2) is 20.9 Å². The Morgan fingerprint density at radius 3 is 2.76 bits per heavy atom. The van der Waals surface area contributed by atoms with Gasteiger partial charge in [-0.05, 0) is 66.7 Å². The quantitative estimate of drug-likeness (QED) is 0.154. The lowest BCUT2D eigenvalue weighted by atomic mass is 10.1. The normalized spacial score (nSPS) is 11.0. The van der Waals surface area contributed by atoms with Gasteiger partial charge in [0, 0.05) is 34.5 Å². The smallest absolute Gasteiger partial charge is 0.270 e. The van der Waals surface area contributed by atoms with E-state index in [1.807, 2.05) is 25.1 Å². The van der Waals surface area contributed by atoms with E-state index in [0.29, 0.717) is 33.3 Å². The molecule has 1 aromatic heterocycles. The molecule has 0 aliphatic heterocycles. The summed E-state index contributed by atoms with van der Waals surface area (Å²) in [5, 5.41) is 17.1. The lowest BCUT2D eigenvalue weighted by Gasteiger charge is -2.12. The van der Waals surface area contributed by atoms with Crippen molar-refractivity contribution >= 4 is 63.4 Å². The average Bonchev–Trinajstić information content (AvgIpc) is 3.22. The minimum atomic E-state index is -0.497. The summed E-state index contributed by atoms with van der Waals surface area (Å²) in [4.78, 5) is 27.1. The predicted molar refractivity (Wildman–Crippen MR) is 136 cm³/mol. The first-order valence-corrected chi connectivity index (χ1v) is 10.8. The Hall–Kier alpha value is -4.08. The summed E-state index contributed by atoms with van der Waals surface area (Å²) in [6, 6.07) is 16.7. The SMILES string of the molecule is Cc1c(NC(=S)NC(=O)C=Cc2cccc([N+](=O)[O-])c2)cccc1-c1nc2cc(Cl)ccc2o1.